The van der Waals surface area contributed by atoms with Crippen molar-refractivity contribution in [1.29, 1.82) is 0 Å². The average molecular weight is 255 g/mol. The van der Waals surface area contributed by atoms with E-state index in [1.54, 1.807) is 6.07 Å². The number of aromatic nitrogens is 3. The summed E-state index contributed by atoms with van der Waals surface area (Å²) in [4.78, 5) is 11.0. The van der Waals surface area contributed by atoms with E-state index in [9.17, 15) is 4.79 Å². The number of hydrogen-bond acceptors (Lipinski definition) is 4. The fourth-order valence-corrected chi connectivity index (χ4v) is 1.78. The van der Waals surface area contributed by atoms with Crippen LogP contribution in [0.3, 0.4) is 0 Å². The summed E-state index contributed by atoms with van der Waals surface area (Å²) in [5, 5.41) is 19.4. The molecule has 0 aliphatic carbocycles. The highest BCUT2D eigenvalue weighted by Crippen LogP contribution is 2.26. The lowest BCUT2D eigenvalue weighted by Gasteiger charge is -1.93. The molecular formula is C13H9N3O3. The Hall–Kier alpha value is -2.89. The Labute approximate surface area is 107 Å². The second kappa shape index (κ2) is 4.41. The first kappa shape index (κ1) is 11.2. The maximum Gasteiger partial charge on any atom is 0.341 e. The van der Waals surface area contributed by atoms with Crippen molar-refractivity contribution in [3.05, 3.63) is 48.2 Å². The van der Waals surface area contributed by atoms with Gasteiger partial charge in [-0.15, -0.1) is 0 Å². The number of carbonyl (C=O) groups is 1. The molecule has 6 heteroatoms. The van der Waals surface area contributed by atoms with Crippen molar-refractivity contribution in [2.24, 2.45) is 0 Å². The zero-order chi connectivity index (χ0) is 13.2. The largest absolute Gasteiger partial charge is 0.477 e. The van der Waals surface area contributed by atoms with Gasteiger partial charge in [-0.2, -0.15) is 5.10 Å². The third-order valence-corrected chi connectivity index (χ3v) is 2.69. The maximum absolute atomic E-state index is 11.0. The third kappa shape index (κ3) is 1.99. The minimum absolute atomic E-state index is 0.00302. The number of nitrogens with zero attached hydrogens (tertiary/aromatic N) is 2. The number of aromatic carboxylic acids is 1. The standard InChI is InChI=1S/C13H9N3O3/c17-13(18)9-7-14-19-12(9)11-6-10(15-16-11)8-4-2-1-3-5-8/h1-7H,(H,15,16)(H,17,18). The molecule has 0 spiro atoms. The van der Waals surface area contributed by atoms with Crippen molar-refractivity contribution in [2.75, 3.05) is 0 Å². The van der Waals surface area contributed by atoms with Crippen LogP contribution in [0.5, 0.6) is 0 Å². The molecule has 0 aliphatic rings. The summed E-state index contributed by atoms with van der Waals surface area (Å²) in [5.41, 5.74) is 2.13. The molecule has 0 amide bonds. The molecule has 0 aliphatic heterocycles. The van der Waals surface area contributed by atoms with Gasteiger partial charge in [0.15, 0.2) is 5.76 Å². The summed E-state index contributed by atoms with van der Waals surface area (Å²) in [6, 6.07) is 11.3. The zero-order valence-electron chi connectivity index (χ0n) is 9.70. The van der Waals surface area contributed by atoms with Crippen LogP contribution in [-0.4, -0.2) is 26.4 Å². The predicted octanol–water partition coefficient (Wildman–Crippen LogP) is 2.43. The molecule has 2 N–H and O–H groups in total. The fraction of sp³-hybridized carbons (Fsp3) is 0. The Bertz CT molecular complexity index is 716. The molecule has 6 nitrogen and oxygen atoms in total. The highest BCUT2D eigenvalue weighted by atomic mass is 16.5. The average Bonchev–Trinajstić information content (AvgIpc) is 3.08. The molecule has 1 aromatic carbocycles. The molecular weight excluding hydrogens is 246 g/mol. The van der Waals surface area contributed by atoms with Gasteiger partial charge in [-0.25, -0.2) is 4.79 Å². The summed E-state index contributed by atoms with van der Waals surface area (Å²) >= 11 is 0. The number of nitrogens with one attached hydrogen (secondary N) is 1. The molecule has 2 aromatic heterocycles. The third-order valence-electron chi connectivity index (χ3n) is 2.69. The Kier molecular flexibility index (Phi) is 2.60. The number of rotatable bonds is 3. The second-order valence-corrected chi connectivity index (χ2v) is 3.91. The van der Waals surface area contributed by atoms with Gasteiger partial charge < -0.3 is 9.63 Å². The summed E-state index contributed by atoms with van der Waals surface area (Å²) in [6.07, 6.45) is 1.17. The highest BCUT2D eigenvalue weighted by molar-refractivity contribution is 5.93. The van der Waals surface area contributed by atoms with E-state index in [4.69, 9.17) is 9.63 Å². The normalized spacial score (nSPS) is 10.5. The quantitative estimate of drug-likeness (QED) is 0.749. The van der Waals surface area contributed by atoms with Crippen molar-refractivity contribution in [3.63, 3.8) is 0 Å². The minimum atomic E-state index is -1.09. The van der Waals surface area contributed by atoms with Crippen LogP contribution in [0.25, 0.3) is 22.7 Å². The summed E-state index contributed by atoms with van der Waals surface area (Å²) in [7, 11) is 0. The van der Waals surface area contributed by atoms with E-state index in [0.717, 1.165) is 5.56 Å². The van der Waals surface area contributed by atoms with Crippen LogP contribution in [0.2, 0.25) is 0 Å². The number of hydrogen-bond donors (Lipinski definition) is 2. The summed E-state index contributed by atoms with van der Waals surface area (Å²) < 4.78 is 4.96. The molecule has 3 rings (SSSR count). The van der Waals surface area contributed by atoms with Crippen LogP contribution in [0.1, 0.15) is 10.4 Å². The zero-order valence-corrected chi connectivity index (χ0v) is 9.70. The van der Waals surface area contributed by atoms with E-state index in [-0.39, 0.29) is 11.3 Å². The molecule has 3 aromatic rings. The number of carboxylic acid groups (broad SMARTS) is 1. The Balaban J connectivity index is 2.02. The van der Waals surface area contributed by atoms with Gasteiger partial charge in [-0.1, -0.05) is 35.5 Å². The van der Waals surface area contributed by atoms with Crippen molar-refractivity contribution < 1.29 is 14.4 Å². The van der Waals surface area contributed by atoms with Crippen molar-refractivity contribution in [1.82, 2.24) is 15.4 Å². The van der Waals surface area contributed by atoms with Gasteiger partial charge in [0.05, 0.1) is 11.9 Å². The van der Waals surface area contributed by atoms with Crippen molar-refractivity contribution >= 4 is 5.97 Å². The van der Waals surface area contributed by atoms with Crippen LogP contribution in [-0.2, 0) is 0 Å². The molecule has 0 bridgehead atoms. The van der Waals surface area contributed by atoms with E-state index in [2.05, 4.69) is 15.4 Å². The van der Waals surface area contributed by atoms with Crippen molar-refractivity contribution in [3.8, 4) is 22.7 Å². The summed E-state index contributed by atoms with van der Waals surface area (Å²) in [5.74, 6) is -0.922. The highest BCUT2D eigenvalue weighted by Gasteiger charge is 2.19. The van der Waals surface area contributed by atoms with Gasteiger partial charge in [-0.3, -0.25) is 5.10 Å². The number of benzene rings is 1. The molecule has 2 heterocycles. The topological polar surface area (TPSA) is 92.0 Å². The number of carboxylic acids is 1. The molecule has 0 saturated heterocycles. The lowest BCUT2D eigenvalue weighted by molar-refractivity contribution is 0.0697. The Morgan fingerprint density at radius 3 is 2.79 bits per heavy atom. The molecule has 19 heavy (non-hydrogen) atoms. The molecule has 0 unspecified atom stereocenters. The first-order valence-corrected chi connectivity index (χ1v) is 5.55. The predicted molar refractivity (Wildman–Crippen MR) is 66.5 cm³/mol. The van der Waals surface area contributed by atoms with E-state index >= 15 is 0 Å². The van der Waals surface area contributed by atoms with Gasteiger partial charge in [0.25, 0.3) is 0 Å². The van der Waals surface area contributed by atoms with E-state index in [0.29, 0.717) is 11.4 Å². The minimum Gasteiger partial charge on any atom is -0.477 e. The van der Waals surface area contributed by atoms with Crippen LogP contribution in [0.4, 0.5) is 0 Å². The molecule has 0 atom stereocenters. The van der Waals surface area contributed by atoms with Gasteiger partial charge in [-0.05, 0) is 6.07 Å². The number of aromatic amines is 1. The SMILES string of the molecule is O=C(O)c1cnoc1-c1cc(-c2ccccc2)n[nH]1. The first-order valence-electron chi connectivity index (χ1n) is 5.55. The van der Waals surface area contributed by atoms with Gasteiger partial charge in [0.1, 0.15) is 11.3 Å². The monoisotopic (exact) mass is 255 g/mol. The van der Waals surface area contributed by atoms with Crippen LogP contribution in [0, 0.1) is 0 Å². The molecule has 0 fully saturated rings. The number of H-pyrrole nitrogens is 1. The van der Waals surface area contributed by atoms with E-state index in [1.165, 1.54) is 6.20 Å². The van der Waals surface area contributed by atoms with E-state index in [1.807, 2.05) is 30.3 Å². The molecule has 0 saturated carbocycles. The summed E-state index contributed by atoms with van der Waals surface area (Å²) in [6.45, 7) is 0. The Morgan fingerprint density at radius 2 is 2.05 bits per heavy atom. The lowest BCUT2D eigenvalue weighted by Crippen LogP contribution is -1.95. The first-order chi connectivity index (χ1) is 9.25. The van der Waals surface area contributed by atoms with Gasteiger partial charge in [0, 0.05) is 5.56 Å². The van der Waals surface area contributed by atoms with Crippen LogP contribution in [0.15, 0.2) is 47.1 Å². The van der Waals surface area contributed by atoms with E-state index < -0.39 is 5.97 Å². The van der Waals surface area contributed by atoms with Crippen molar-refractivity contribution in [2.45, 2.75) is 0 Å². The van der Waals surface area contributed by atoms with Crippen LogP contribution >= 0.6 is 0 Å². The molecule has 0 radical (unpaired) electrons. The van der Waals surface area contributed by atoms with Gasteiger partial charge in [0.2, 0.25) is 0 Å². The molecule has 94 valence electrons. The smallest absolute Gasteiger partial charge is 0.341 e. The maximum atomic E-state index is 11.0. The Morgan fingerprint density at radius 1 is 1.26 bits per heavy atom. The fourth-order valence-electron chi connectivity index (χ4n) is 1.78. The van der Waals surface area contributed by atoms with Gasteiger partial charge >= 0.3 is 5.97 Å². The van der Waals surface area contributed by atoms with Crippen LogP contribution < -0.4 is 0 Å². The second-order valence-electron chi connectivity index (χ2n) is 3.91. The lowest BCUT2D eigenvalue weighted by atomic mass is 10.1.